The minimum absolute atomic E-state index is 0.0641. The fraction of sp³-hybridized carbons (Fsp3) is 0.412. The first-order valence-corrected chi connectivity index (χ1v) is 7.25. The number of benzene rings is 1. The van der Waals surface area contributed by atoms with E-state index in [1.54, 1.807) is 11.8 Å². The van der Waals surface area contributed by atoms with Gasteiger partial charge in [-0.05, 0) is 31.4 Å². The summed E-state index contributed by atoms with van der Waals surface area (Å²) < 4.78 is 6.93. The molecule has 0 aliphatic carbocycles. The zero-order valence-electron chi connectivity index (χ0n) is 13.1. The Morgan fingerprint density at radius 3 is 2.62 bits per heavy atom. The first kappa shape index (κ1) is 15.3. The van der Waals surface area contributed by atoms with E-state index >= 15 is 0 Å². The fourth-order valence-corrected chi connectivity index (χ4v) is 2.27. The molecule has 1 heterocycles. The molecule has 0 radical (unpaired) electrons. The van der Waals surface area contributed by atoms with Crippen molar-refractivity contribution in [1.29, 1.82) is 0 Å². The molecule has 1 aromatic carbocycles. The molecule has 2 rings (SSSR count). The van der Waals surface area contributed by atoms with Gasteiger partial charge in [0.2, 0.25) is 0 Å². The highest BCUT2D eigenvalue weighted by molar-refractivity contribution is 5.69. The van der Waals surface area contributed by atoms with Crippen LogP contribution in [0, 0.1) is 12.8 Å². The van der Waals surface area contributed by atoms with Crippen molar-refractivity contribution in [3.63, 3.8) is 0 Å². The van der Waals surface area contributed by atoms with E-state index in [4.69, 9.17) is 4.74 Å². The van der Waals surface area contributed by atoms with Gasteiger partial charge in [-0.3, -0.25) is 4.79 Å². The molecule has 0 unspecified atom stereocenters. The van der Waals surface area contributed by atoms with E-state index in [-0.39, 0.29) is 5.56 Å². The first-order chi connectivity index (χ1) is 10.0. The zero-order chi connectivity index (χ0) is 15.4. The molecule has 0 N–H and O–H groups in total. The van der Waals surface area contributed by atoms with Gasteiger partial charge in [-0.1, -0.05) is 32.0 Å². The zero-order valence-corrected chi connectivity index (χ0v) is 13.1. The molecule has 0 saturated heterocycles. The van der Waals surface area contributed by atoms with E-state index in [0.717, 1.165) is 17.7 Å². The molecule has 0 spiro atoms. The van der Waals surface area contributed by atoms with E-state index < -0.39 is 0 Å². The smallest absolute Gasteiger partial charge is 0.274 e. The fourth-order valence-electron chi connectivity index (χ4n) is 2.27. The number of para-hydroxylation sites is 1. The number of hydrogen-bond acceptors (Lipinski definition) is 3. The van der Waals surface area contributed by atoms with Crippen molar-refractivity contribution in [3.05, 3.63) is 46.4 Å². The monoisotopic (exact) mass is 286 g/mol. The van der Waals surface area contributed by atoms with Crippen molar-refractivity contribution >= 4 is 0 Å². The van der Waals surface area contributed by atoms with Crippen LogP contribution in [0.2, 0.25) is 0 Å². The number of methoxy groups -OCH3 is 1. The van der Waals surface area contributed by atoms with E-state index in [1.165, 1.54) is 0 Å². The van der Waals surface area contributed by atoms with Gasteiger partial charge in [-0.2, -0.15) is 5.10 Å². The summed E-state index contributed by atoms with van der Waals surface area (Å²) in [6, 6.07) is 9.40. The normalized spacial score (nSPS) is 10.9. The summed E-state index contributed by atoms with van der Waals surface area (Å²) in [4.78, 5) is 12.6. The maximum absolute atomic E-state index is 12.6. The Morgan fingerprint density at radius 2 is 1.95 bits per heavy atom. The number of hydrogen-bond donors (Lipinski definition) is 0. The molecular weight excluding hydrogens is 264 g/mol. The predicted molar refractivity (Wildman–Crippen MR) is 84.7 cm³/mol. The van der Waals surface area contributed by atoms with Gasteiger partial charge in [0, 0.05) is 12.1 Å². The van der Waals surface area contributed by atoms with Crippen LogP contribution >= 0.6 is 0 Å². The molecule has 0 aliphatic heterocycles. The maximum Gasteiger partial charge on any atom is 0.274 e. The van der Waals surface area contributed by atoms with Crippen molar-refractivity contribution in [2.45, 2.75) is 33.7 Å². The summed E-state index contributed by atoms with van der Waals surface area (Å²) in [6.07, 6.45) is 0.932. The van der Waals surface area contributed by atoms with Crippen LogP contribution in [0.25, 0.3) is 11.1 Å². The van der Waals surface area contributed by atoms with Gasteiger partial charge in [0.15, 0.2) is 0 Å². The molecule has 0 aliphatic rings. The van der Waals surface area contributed by atoms with Crippen molar-refractivity contribution in [2.24, 2.45) is 5.92 Å². The Hall–Kier alpha value is -2.10. The van der Waals surface area contributed by atoms with E-state index in [2.05, 4.69) is 18.9 Å². The van der Waals surface area contributed by atoms with Crippen LogP contribution in [-0.4, -0.2) is 16.9 Å². The molecule has 0 amide bonds. The molecule has 1 aromatic heterocycles. The van der Waals surface area contributed by atoms with Gasteiger partial charge in [-0.25, -0.2) is 4.68 Å². The minimum atomic E-state index is -0.0641. The van der Waals surface area contributed by atoms with Crippen LogP contribution in [0.15, 0.2) is 35.1 Å². The standard InChI is InChI=1S/C17H22N2O2/c1-12(2)9-10-19-17(20)15(11-13(3)18-19)14-7-5-6-8-16(14)21-4/h5-8,11-12H,9-10H2,1-4H3. The van der Waals surface area contributed by atoms with Crippen LogP contribution in [0.4, 0.5) is 0 Å². The summed E-state index contributed by atoms with van der Waals surface area (Å²) in [5, 5.41) is 4.35. The Kier molecular flexibility index (Phi) is 4.78. The summed E-state index contributed by atoms with van der Waals surface area (Å²) >= 11 is 0. The number of aryl methyl sites for hydroxylation is 2. The van der Waals surface area contributed by atoms with E-state index in [9.17, 15) is 4.79 Å². The topological polar surface area (TPSA) is 44.1 Å². The third-order valence-corrected chi connectivity index (χ3v) is 3.41. The highest BCUT2D eigenvalue weighted by Crippen LogP contribution is 2.27. The highest BCUT2D eigenvalue weighted by atomic mass is 16.5. The summed E-state index contributed by atoms with van der Waals surface area (Å²) in [5.74, 6) is 1.24. The molecule has 0 atom stereocenters. The van der Waals surface area contributed by atoms with Gasteiger partial charge >= 0.3 is 0 Å². The van der Waals surface area contributed by atoms with Gasteiger partial charge < -0.3 is 4.74 Å². The molecule has 112 valence electrons. The second-order valence-electron chi connectivity index (χ2n) is 5.61. The Morgan fingerprint density at radius 1 is 1.24 bits per heavy atom. The van der Waals surface area contributed by atoms with Crippen LogP contribution < -0.4 is 10.3 Å². The molecule has 4 heteroatoms. The second kappa shape index (κ2) is 6.57. The average molecular weight is 286 g/mol. The molecule has 2 aromatic rings. The van der Waals surface area contributed by atoms with Gasteiger partial charge in [-0.15, -0.1) is 0 Å². The molecule has 21 heavy (non-hydrogen) atoms. The van der Waals surface area contributed by atoms with Gasteiger partial charge in [0.05, 0.1) is 18.4 Å². The predicted octanol–water partition coefficient (Wildman–Crippen LogP) is 3.27. The van der Waals surface area contributed by atoms with Crippen molar-refractivity contribution in [1.82, 2.24) is 9.78 Å². The average Bonchev–Trinajstić information content (AvgIpc) is 2.47. The maximum atomic E-state index is 12.6. The van der Waals surface area contributed by atoms with Crippen molar-refractivity contribution < 1.29 is 4.74 Å². The third-order valence-electron chi connectivity index (χ3n) is 3.41. The van der Waals surface area contributed by atoms with Crippen molar-refractivity contribution in [2.75, 3.05) is 7.11 Å². The SMILES string of the molecule is COc1ccccc1-c1cc(C)nn(CCC(C)C)c1=O. The second-order valence-corrected chi connectivity index (χ2v) is 5.61. The number of nitrogens with zero attached hydrogens (tertiary/aromatic N) is 2. The molecule has 0 saturated carbocycles. The number of rotatable bonds is 5. The summed E-state index contributed by atoms with van der Waals surface area (Å²) in [7, 11) is 1.62. The number of ether oxygens (including phenoxy) is 1. The molecule has 0 fully saturated rings. The Bertz CT molecular complexity index is 675. The molecular formula is C17H22N2O2. The van der Waals surface area contributed by atoms with Gasteiger partial charge in [0.1, 0.15) is 5.75 Å². The summed E-state index contributed by atoms with van der Waals surface area (Å²) in [5.41, 5.74) is 2.22. The van der Waals surface area contributed by atoms with E-state index in [1.807, 2.05) is 37.3 Å². The molecule has 4 nitrogen and oxygen atoms in total. The van der Waals surface area contributed by atoms with Crippen LogP contribution in [-0.2, 0) is 6.54 Å². The lowest BCUT2D eigenvalue weighted by atomic mass is 10.1. The number of aromatic nitrogens is 2. The minimum Gasteiger partial charge on any atom is -0.496 e. The Balaban J connectivity index is 2.51. The third kappa shape index (κ3) is 3.51. The van der Waals surface area contributed by atoms with Crippen molar-refractivity contribution in [3.8, 4) is 16.9 Å². The first-order valence-electron chi connectivity index (χ1n) is 7.25. The quantitative estimate of drug-likeness (QED) is 0.847. The highest BCUT2D eigenvalue weighted by Gasteiger charge is 2.13. The largest absolute Gasteiger partial charge is 0.496 e. The van der Waals surface area contributed by atoms with Crippen LogP contribution in [0.5, 0.6) is 5.75 Å². The van der Waals surface area contributed by atoms with Crippen LogP contribution in [0.1, 0.15) is 26.0 Å². The van der Waals surface area contributed by atoms with E-state index in [0.29, 0.717) is 23.8 Å². The summed E-state index contributed by atoms with van der Waals surface area (Å²) in [6.45, 7) is 6.83. The van der Waals surface area contributed by atoms with Crippen LogP contribution in [0.3, 0.4) is 0 Å². The lowest BCUT2D eigenvalue weighted by molar-refractivity contribution is 0.416. The molecule has 0 bridgehead atoms. The Labute approximate surface area is 125 Å². The lowest BCUT2D eigenvalue weighted by Gasteiger charge is -2.12. The lowest BCUT2D eigenvalue weighted by Crippen LogP contribution is -2.26. The van der Waals surface area contributed by atoms with Gasteiger partial charge in [0.25, 0.3) is 5.56 Å².